The topological polar surface area (TPSA) is 35.6 Å². The Morgan fingerprint density at radius 2 is 2.20 bits per heavy atom. The Morgan fingerprint density at radius 3 is 2.87 bits per heavy atom. The summed E-state index contributed by atoms with van der Waals surface area (Å²) >= 11 is 4.03. The van der Waals surface area contributed by atoms with Gasteiger partial charge in [-0.3, -0.25) is 9.69 Å². The van der Waals surface area contributed by atoms with E-state index in [4.69, 9.17) is 0 Å². The summed E-state index contributed by atoms with van der Waals surface area (Å²) in [6.45, 7) is 3.95. The number of nitrogens with zero attached hydrogens (tertiary/aromatic N) is 2. The molecule has 0 radical (unpaired) electrons. The van der Waals surface area contributed by atoms with Crippen LogP contribution in [-0.2, 0) is 4.79 Å². The van der Waals surface area contributed by atoms with Crippen molar-refractivity contribution in [3.63, 3.8) is 0 Å². The maximum Gasteiger partial charge on any atom is 0.220 e. The highest BCUT2D eigenvalue weighted by Crippen LogP contribution is 2.04. The molecule has 1 rings (SSSR count). The first-order chi connectivity index (χ1) is 7.13. The average molecular weight is 231 g/mol. The van der Waals surface area contributed by atoms with Crippen LogP contribution in [0.2, 0.25) is 0 Å². The Morgan fingerprint density at radius 1 is 1.47 bits per heavy atom. The number of carbonyl (C=O) groups excluding carboxylic acids is 1. The number of likely N-dealkylation sites (N-methyl/N-ethyl adjacent to an activating group) is 2. The molecule has 1 heterocycles. The number of thiol groups is 1. The van der Waals surface area contributed by atoms with Crippen LogP contribution in [0.5, 0.6) is 0 Å². The van der Waals surface area contributed by atoms with E-state index in [1.165, 1.54) is 0 Å². The van der Waals surface area contributed by atoms with Gasteiger partial charge < -0.3 is 10.2 Å². The minimum atomic E-state index is 0.103. The van der Waals surface area contributed by atoms with E-state index < -0.39 is 0 Å². The first-order valence-corrected chi connectivity index (χ1v) is 6.03. The van der Waals surface area contributed by atoms with E-state index in [-0.39, 0.29) is 5.91 Å². The summed E-state index contributed by atoms with van der Waals surface area (Å²) in [5.74, 6) is 0.721. The first-order valence-electron chi connectivity index (χ1n) is 5.40. The highest BCUT2D eigenvalue weighted by atomic mass is 32.1. The largest absolute Gasteiger partial charge is 0.354 e. The molecule has 5 heteroatoms. The lowest BCUT2D eigenvalue weighted by Crippen LogP contribution is -2.54. The summed E-state index contributed by atoms with van der Waals surface area (Å²) in [4.78, 5) is 15.9. The van der Waals surface area contributed by atoms with E-state index in [0.717, 1.165) is 26.2 Å². The van der Waals surface area contributed by atoms with Gasteiger partial charge in [-0.25, -0.2) is 0 Å². The van der Waals surface area contributed by atoms with Gasteiger partial charge in [0, 0.05) is 38.6 Å². The summed E-state index contributed by atoms with van der Waals surface area (Å²) < 4.78 is 0. The zero-order chi connectivity index (χ0) is 11.3. The van der Waals surface area contributed by atoms with E-state index in [9.17, 15) is 4.79 Å². The first kappa shape index (κ1) is 12.8. The monoisotopic (exact) mass is 231 g/mol. The van der Waals surface area contributed by atoms with Gasteiger partial charge in [0.05, 0.1) is 0 Å². The maximum atomic E-state index is 11.3. The standard InChI is InChI=1S/C10H21N3OS/c1-12-4-5-13(2)9(8-12)7-11-10(14)3-6-15/h9,15H,3-8H2,1-2H3,(H,11,14). The second-order valence-electron chi connectivity index (χ2n) is 4.17. The zero-order valence-corrected chi connectivity index (χ0v) is 10.5. The number of hydrogen-bond acceptors (Lipinski definition) is 4. The molecule has 0 aromatic rings. The lowest BCUT2D eigenvalue weighted by Gasteiger charge is -2.37. The molecular formula is C10H21N3OS. The SMILES string of the molecule is CN1CCN(C)C(CNC(=O)CCS)C1. The molecule has 1 unspecified atom stereocenters. The summed E-state index contributed by atoms with van der Waals surface area (Å²) in [7, 11) is 4.23. The fourth-order valence-corrected chi connectivity index (χ4v) is 1.95. The van der Waals surface area contributed by atoms with E-state index >= 15 is 0 Å². The summed E-state index contributed by atoms with van der Waals surface area (Å²) in [5, 5.41) is 2.95. The van der Waals surface area contributed by atoms with Crippen molar-refractivity contribution in [2.24, 2.45) is 0 Å². The van der Waals surface area contributed by atoms with E-state index in [0.29, 0.717) is 18.2 Å². The molecule has 0 saturated carbocycles. The maximum absolute atomic E-state index is 11.3. The third-order valence-electron chi connectivity index (χ3n) is 2.85. The van der Waals surface area contributed by atoms with Gasteiger partial charge in [-0.2, -0.15) is 12.6 Å². The number of piperazine rings is 1. The van der Waals surface area contributed by atoms with Crippen molar-refractivity contribution in [2.45, 2.75) is 12.5 Å². The molecule has 0 aromatic carbocycles. The minimum absolute atomic E-state index is 0.103. The lowest BCUT2D eigenvalue weighted by atomic mass is 10.2. The Balaban J connectivity index is 2.27. The predicted molar refractivity (Wildman–Crippen MR) is 65.4 cm³/mol. The quantitative estimate of drug-likeness (QED) is 0.650. The van der Waals surface area contributed by atoms with Gasteiger partial charge in [-0.1, -0.05) is 0 Å². The van der Waals surface area contributed by atoms with Crippen molar-refractivity contribution >= 4 is 18.5 Å². The molecular weight excluding hydrogens is 210 g/mol. The average Bonchev–Trinajstić information content (AvgIpc) is 2.20. The van der Waals surface area contributed by atoms with E-state index in [1.807, 2.05) is 0 Å². The number of amides is 1. The normalized spacial score (nSPS) is 24.1. The van der Waals surface area contributed by atoms with Crippen LogP contribution in [0.4, 0.5) is 0 Å². The number of rotatable bonds is 4. The summed E-state index contributed by atoms with van der Waals surface area (Å²) in [6.07, 6.45) is 0.509. The molecule has 0 bridgehead atoms. The van der Waals surface area contributed by atoms with Crippen LogP contribution in [-0.4, -0.2) is 67.8 Å². The van der Waals surface area contributed by atoms with E-state index in [2.05, 4.69) is 41.8 Å². The van der Waals surface area contributed by atoms with Gasteiger partial charge in [0.25, 0.3) is 0 Å². The summed E-state index contributed by atoms with van der Waals surface area (Å²) in [5.41, 5.74) is 0. The van der Waals surface area contributed by atoms with Gasteiger partial charge in [0.15, 0.2) is 0 Å². The molecule has 1 aliphatic heterocycles. The number of carbonyl (C=O) groups is 1. The zero-order valence-electron chi connectivity index (χ0n) is 9.57. The van der Waals surface area contributed by atoms with Crippen molar-refractivity contribution in [1.29, 1.82) is 0 Å². The highest BCUT2D eigenvalue weighted by Gasteiger charge is 2.22. The van der Waals surface area contributed by atoms with Crippen molar-refractivity contribution < 1.29 is 4.79 Å². The molecule has 4 nitrogen and oxygen atoms in total. The molecule has 1 fully saturated rings. The molecule has 0 aromatic heterocycles. The second-order valence-corrected chi connectivity index (χ2v) is 4.62. The van der Waals surface area contributed by atoms with Crippen molar-refractivity contribution in [3.05, 3.63) is 0 Å². The van der Waals surface area contributed by atoms with Crippen LogP contribution in [0.15, 0.2) is 0 Å². The Bertz CT molecular complexity index is 213. The van der Waals surface area contributed by atoms with Gasteiger partial charge >= 0.3 is 0 Å². The molecule has 1 amide bonds. The van der Waals surface area contributed by atoms with Crippen molar-refractivity contribution in [1.82, 2.24) is 15.1 Å². The van der Waals surface area contributed by atoms with Crippen molar-refractivity contribution in [2.75, 3.05) is 46.0 Å². The van der Waals surface area contributed by atoms with Crippen LogP contribution in [0.3, 0.4) is 0 Å². The van der Waals surface area contributed by atoms with Gasteiger partial charge in [-0.05, 0) is 19.8 Å². The van der Waals surface area contributed by atoms with Crippen LogP contribution < -0.4 is 5.32 Å². The van der Waals surface area contributed by atoms with Gasteiger partial charge in [-0.15, -0.1) is 0 Å². The second kappa shape index (κ2) is 6.35. The fourth-order valence-electron chi connectivity index (χ4n) is 1.74. The number of hydrogen-bond donors (Lipinski definition) is 2. The molecule has 1 aliphatic rings. The Kier molecular flexibility index (Phi) is 5.42. The third-order valence-corrected chi connectivity index (χ3v) is 3.08. The highest BCUT2D eigenvalue weighted by molar-refractivity contribution is 7.80. The fraction of sp³-hybridized carbons (Fsp3) is 0.900. The van der Waals surface area contributed by atoms with Crippen LogP contribution in [0, 0.1) is 0 Å². The van der Waals surface area contributed by atoms with E-state index in [1.54, 1.807) is 0 Å². The van der Waals surface area contributed by atoms with Gasteiger partial charge in [0.1, 0.15) is 0 Å². The molecule has 0 aliphatic carbocycles. The molecule has 1 atom stereocenters. The Hall–Kier alpha value is -0.260. The number of nitrogens with one attached hydrogen (secondary N) is 1. The van der Waals surface area contributed by atoms with Gasteiger partial charge in [0.2, 0.25) is 5.91 Å². The molecule has 1 saturated heterocycles. The van der Waals surface area contributed by atoms with Crippen LogP contribution in [0.1, 0.15) is 6.42 Å². The smallest absolute Gasteiger partial charge is 0.220 e. The molecule has 15 heavy (non-hydrogen) atoms. The summed E-state index contributed by atoms with van der Waals surface area (Å²) in [6, 6.07) is 0.438. The Labute approximate surface area is 97.4 Å². The molecule has 1 N–H and O–H groups in total. The molecule has 88 valence electrons. The lowest BCUT2D eigenvalue weighted by molar-refractivity contribution is -0.121. The molecule has 0 spiro atoms. The van der Waals surface area contributed by atoms with Crippen LogP contribution >= 0.6 is 12.6 Å². The third kappa shape index (κ3) is 4.40. The van der Waals surface area contributed by atoms with Crippen molar-refractivity contribution in [3.8, 4) is 0 Å². The predicted octanol–water partition coefficient (Wildman–Crippen LogP) is -0.332. The van der Waals surface area contributed by atoms with Crippen LogP contribution in [0.25, 0.3) is 0 Å². The minimum Gasteiger partial charge on any atom is -0.354 e.